The van der Waals surface area contributed by atoms with Gasteiger partial charge in [-0.05, 0) is 38.1 Å². The third kappa shape index (κ3) is 3.91. The Morgan fingerprint density at radius 3 is 2.22 bits per heavy atom. The summed E-state index contributed by atoms with van der Waals surface area (Å²) in [5, 5.41) is 1.18. The van der Waals surface area contributed by atoms with Crippen molar-refractivity contribution in [2.24, 2.45) is 0 Å². The molecule has 1 aromatic rings. The van der Waals surface area contributed by atoms with E-state index in [0.29, 0.717) is 27.3 Å². The molecule has 1 aromatic carbocycles. The Balaban J connectivity index is 2.50. The molecule has 0 aromatic heterocycles. The number of rotatable bonds is 5. The molecule has 0 saturated heterocycles. The molecule has 2 rings (SSSR count). The van der Waals surface area contributed by atoms with Crippen LogP contribution in [0.2, 0.25) is 5.02 Å². The second-order valence-corrected chi connectivity index (χ2v) is 6.04. The van der Waals surface area contributed by atoms with Gasteiger partial charge in [-0.15, -0.1) is 0 Å². The van der Waals surface area contributed by atoms with E-state index in [0.717, 1.165) is 13.1 Å². The van der Waals surface area contributed by atoms with Gasteiger partial charge in [-0.1, -0.05) is 34.8 Å². The maximum Gasteiger partial charge on any atom is 0.319 e. The van der Waals surface area contributed by atoms with Gasteiger partial charge in [0.25, 0.3) is 0 Å². The minimum Gasteiger partial charge on any atom is -0.459 e. The van der Waals surface area contributed by atoms with Crippen molar-refractivity contribution in [1.82, 2.24) is 4.90 Å². The van der Waals surface area contributed by atoms with Gasteiger partial charge >= 0.3 is 5.71 Å². The molecule has 1 aliphatic carbocycles. The van der Waals surface area contributed by atoms with Crippen LogP contribution in [0.25, 0.3) is 5.53 Å². The van der Waals surface area contributed by atoms with Gasteiger partial charge in [0.1, 0.15) is 23.0 Å². The van der Waals surface area contributed by atoms with E-state index in [2.05, 4.69) is 4.79 Å². The highest BCUT2D eigenvalue weighted by molar-refractivity contribution is 6.50. The Hall–Kier alpha value is -1.45. The van der Waals surface area contributed by atoms with Crippen LogP contribution in [0.15, 0.2) is 45.8 Å². The van der Waals surface area contributed by atoms with Crippen LogP contribution in [0.5, 0.6) is 5.75 Å². The molecule has 0 aliphatic heterocycles. The minimum atomic E-state index is 0.236. The first kappa shape index (κ1) is 17.9. The molecule has 7 heteroatoms. The van der Waals surface area contributed by atoms with Crippen molar-refractivity contribution in [3.8, 4) is 5.75 Å². The zero-order chi connectivity index (χ0) is 17.0. The van der Waals surface area contributed by atoms with Crippen molar-refractivity contribution in [1.29, 1.82) is 0 Å². The molecule has 23 heavy (non-hydrogen) atoms. The maximum atomic E-state index is 9.14. The molecule has 1 aliphatic rings. The fourth-order valence-corrected chi connectivity index (χ4v) is 2.98. The van der Waals surface area contributed by atoms with Gasteiger partial charge in [0.2, 0.25) is 0 Å². The topological polar surface area (TPSA) is 48.9 Å². The summed E-state index contributed by atoms with van der Waals surface area (Å²) < 4.78 is 5.97. The Bertz CT molecular complexity index is 700. The number of hydrogen-bond acceptors (Lipinski definition) is 2. The smallest absolute Gasteiger partial charge is 0.319 e. The molecule has 0 amide bonds. The van der Waals surface area contributed by atoms with Crippen molar-refractivity contribution in [3.63, 3.8) is 0 Å². The number of hydrogen-bond donors (Lipinski definition) is 0. The van der Waals surface area contributed by atoms with E-state index >= 15 is 0 Å². The summed E-state index contributed by atoms with van der Waals surface area (Å²) in [6, 6.07) is 7.00. The van der Waals surface area contributed by atoms with Crippen molar-refractivity contribution in [2.75, 3.05) is 13.1 Å². The molecule has 4 nitrogen and oxygen atoms in total. The maximum absolute atomic E-state index is 9.14. The monoisotopic (exact) mass is 371 g/mol. The lowest BCUT2D eigenvalue weighted by Gasteiger charge is -2.28. The van der Waals surface area contributed by atoms with Crippen LogP contribution in [0.3, 0.4) is 0 Å². The number of allylic oxidation sites excluding steroid dienone is 3. The fourth-order valence-electron chi connectivity index (χ4n) is 2.33. The van der Waals surface area contributed by atoms with Crippen LogP contribution < -0.4 is 4.74 Å². The van der Waals surface area contributed by atoms with Gasteiger partial charge in [-0.3, -0.25) is 0 Å². The van der Waals surface area contributed by atoms with Crippen LogP contribution >= 0.6 is 34.8 Å². The lowest BCUT2D eigenvalue weighted by Crippen LogP contribution is -2.29. The van der Waals surface area contributed by atoms with Gasteiger partial charge in [0.05, 0.1) is 10.7 Å². The minimum absolute atomic E-state index is 0.236. The largest absolute Gasteiger partial charge is 0.459 e. The van der Waals surface area contributed by atoms with Gasteiger partial charge in [0, 0.05) is 18.1 Å². The van der Waals surface area contributed by atoms with Gasteiger partial charge in [-0.25, -0.2) is 0 Å². The molecule has 0 unspecified atom stereocenters. The third-order valence-corrected chi connectivity index (χ3v) is 4.62. The zero-order valence-corrected chi connectivity index (χ0v) is 15.1. The SMILES string of the molecule is CCN(CC)C1=C(Oc2ccc(Cl)cc2)CC(=[N+]=[N-])C(Cl)=C1Cl. The van der Waals surface area contributed by atoms with Crippen LogP contribution in [0, 0.1) is 0 Å². The van der Waals surface area contributed by atoms with Crippen molar-refractivity contribution in [3.05, 3.63) is 56.3 Å². The van der Waals surface area contributed by atoms with Crippen LogP contribution in [0.4, 0.5) is 0 Å². The summed E-state index contributed by atoms with van der Waals surface area (Å²) in [5.74, 6) is 1.20. The first-order valence-electron chi connectivity index (χ1n) is 7.20. The number of ether oxygens (including phenoxy) is 1. The Morgan fingerprint density at radius 1 is 1.09 bits per heavy atom. The van der Waals surface area contributed by atoms with Crippen molar-refractivity contribution < 1.29 is 9.53 Å². The second-order valence-electron chi connectivity index (χ2n) is 4.85. The summed E-state index contributed by atoms with van der Waals surface area (Å²) in [6.45, 7) is 5.52. The first-order valence-corrected chi connectivity index (χ1v) is 8.33. The van der Waals surface area contributed by atoms with E-state index in [1.165, 1.54) is 0 Å². The predicted molar refractivity (Wildman–Crippen MR) is 94.0 cm³/mol. The molecule has 0 saturated carbocycles. The number of nitrogens with zero attached hydrogens (tertiary/aromatic N) is 3. The lowest BCUT2D eigenvalue weighted by atomic mass is 10.1. The van der Waals surface area contributed by atoms with Gasteiger partial charge in [-0.2, -0.15) is 4.79 Å². The zero-order valence-electron chi connectivity index (χ0n) is 12.8. The predicted octanol–water partition coefficient (Wildman–Crippen LogP) is 5.04. The summed E-state index contributed by atoms with van der Waals surface area (Å²) in [7, 11) is 0. The number of benzene rings is 1. The van der Waals surface area contributed by atoms with Gasteiger partial charge in [0.15, 0.2) is 0 Å². The quantitative estimate of drug-likeness (QED) is 0.537. The normalized spacial score (nSPS) is 14.9. The van der Waals surface area contributed by atoms with E-state index in [4.69, 9.17) is 45.1 Å². The fraction of sp³-hybridized carbons (Fsp3) is 0.312. The van der Waals surface area contributed by atoms with Crippen molar-refractivity contribution in [2.45, 2.75) is 20.3 Å². The molecule has 0 bridgehead atoms. The molecule has 0 spiro atoms. The Morgan fingerprint density at radius 2 is 1.70 bits per heavy atom. The lowest BCUT2D eigenvalue weighted by molar-refractivity contribution is -0.00686. The Labute approximate surface area is 150 Å². The molecule has 122 valence electrons. The highest BCUT2D eigenvalue weighted by Gasteiger charge is 2.33. The molecular formula is C16H16Cl3N3O. The highest BCUT2D eigenvalue weighted by Crippen LogP contribution is 2.36. The first-order chi connectivity index (χ1) is 11.0. The van der Waals surface area contributed by atoms with E-state index < -0.39 is 0 Å². The molecule has 0 heterocycles. The van der Waals surface area contributed by atoms with Crippen LogP contribution in [0.1, 0.15) is 20.3 Å². The van der Waals surface area contributed by atoms with Crippen molar-refractivity contribution >= 4 is 40.5 Å². The van der Waals surface area contributed by atoms with Gasteiger partial charge < -0.3 is 15.2 Å². The summed E-state index contributed by atoms with van der Waals surface area (Å²) >= 11 is 18.5. The average molecular weight is 373 g/mol. The van der Waals surface area contributed by atoms with E-state index in [9.17, 15) is 0 Å². The number of halogens is 3. The molecule has 0 radical (unpaired) electrons. The molecule has 0 N–H and O–H groups in total. The molecule has 0 atom stereocenters. The molecular weight excluding hydrogens is 357 g/mol. The van der Waals surface area contributed by atoms with Crippen LogP contribution in [-0.4, -0.2) is 28.5 Å². The van der Waals surface area contributed by atoms with E-state index in [-0.39, 0.29) is 17.2 Å². The summed E-state index contributed by atoms with van der Waals surface area (Å²) in [6.07, 6.45) is 0.250. The average Bonchev–Trinajstić information content (AvgIpc) is 2.56. The van der Waals surface area contributed by atoms with E-state index in [1.807, 2.05) is 18.7 Å². The summed E-state index contributed by atoms with van der Waals surface area (Å²) in [5.41, 5.74) is 10.1. The summed E-state index contributed by atoms with van der Waals surface area (Å²) in [4.78, 5) is 5.26. The van der Waals surface area contributed by atoms with E-state index in [1.54, 1.807) is 24.3 Å². The highest BCUT2D eigenvalue weighted by atomic mass is 35.5. The molecule has 0 fully saturated rings. The second kappa shape index (κ2) is 7.89. The standard InChI is InChI=1S/C16H16Cl3N3O/c1-3-22(4-2)16-13(9-12(21-20)14(18)15(16)19)23-11-7-5-10(17)6-8-11/h5-8H,3-4,9H2,1-2H3. The third-order valence-electron chi connectivity index (χ3n) is 3.50. The Kier molecular flexibility index (Phi) is 6.14. The number of likely N-dealkylation sites (N-methyl/N-ethyl adjacent to an activating group) is 1. The van der Waals surface area contributed by atoms with Crippen LogP contribution in [-0.2, 0) is 0 Å².